The van der Waals surface area contributed by atoms with Crippen molar-refractivity contribution < 1.29 is 0 Å². The summed E-state index contributed by atoms with van der Waals surface area (Å²) in [7, 11) is 0. The minimum absolute atomic E-state index is 0.726. The quantitative estimate of drug-likeness (QED) is 0.922. The lowest BCUT2D eigenvalue weighted by molar-refractivity contribution is 0.580. The predicted octanol–water partition coefficient (Wildman–Crippen LogP) is 2.52. The van der Waals surface area contributed by atoms with E-state index in [4.69, 9.17) is 16.6 Å². The van der Waals surface area contributed by atoms with Gasteiger partial charge in [0.05, 0.1) is 5.69 Å². The molecule has 4 nitrogen and oxygen atoms in total. The number of aromatic nitrogens is 2. The van der Waals surface area contributed by atoms with Crippen molar-refractivity contribution >= 4 is 17.5 Å². The van der Waals surface area contributed by atoms with Crippen LogP contribution in [0.15, 0.2) is 30.5 Å². The van der Waals surface area contributed by atoms with Gasteiger partial charge in [-0.05, 0) is 24.6 Å². The molecular weight excluding hydrogens is 272 g/mol. The minimum Gasteiger partial charge on any atom is -0.338 e. The highest BCUT2D eigenvalue weighted by Gasteiger charge is 2.15. The van der Waals surface area contributed by atoms with Gasteiger partial charge < -0.3 is 10.2 Å². The van der Waals surface area contributed by atoms with Crippen LogP contribution in [0.5, 0.6) is 0 Å². The average molecular weight is 289 g/mol. The Bertz CT molecular complexity index is 609. The van der Waals surface area contributed by atoms with E-state index in [0.717, 1.165) is 54.0 Å². The number of hydrogen-bond acceptors (Lipinski definition) is 4. The molecule has 0 bridgehead atoms. The highest BCUT2D eigenvalue weighted by Crippen LogP contribution is 2.25. The molecule has 1 N–H and O–H groups in total. The Morgan fingerprint density at radius 1 is 1.25 bits per heavy atom. The van der Waals surface area contributed by atoms with Gasteiger partial charge >= 0.3 is 0 Å². The third kappa shape index (κ3) is 2.76. The first-order valence-electron chi connectivity index (χ1n) is 6.79. The van der Waals surface area contributed by atoms with Crippen LogP contribution in [-0.4, -0.2) is 36.1 Å². The molecule has 0 unspecified atom stereocenters. The van der Waals surface area contributed by atoms with Gasteiger partial charge in [-0.3, -0.25) is 0 Å². The van der Waals surface area contributed by atoms with E-state index in [1.807, 2.05) is 37.4 Å². The van der Waals surface area contributed by atoms with Gasteiger partial charge in [-0.1, -0.05) is 23.7 Å². The van der Waals surface area contributed by atoms with Crippen LogP contribution in [0.25, 0.3) is 11.3 Å². The number of piperazine rings is 1. The molecule has 1 fully saturated rings. The molecule has 0 amide bonds. The number of hydrogen-bond donors (Lipinski definition) is 1. The van der Waals surface area contributed by atoms with Gasteiger partial charge in [0.25, 0.3) is 0 Å². The average Bonchev–Trinajstić information content (AvgIpc) is 2.48. The van der Waals surface area contributed by atoms with Crippen molar-refractivity contribution in [2.45, 2.75) is 6.92 Å². The summed E-state index contributed by atoms with van der Waals surface area (Å²) in [6.07, 6.45) is 1.89. The number of rotatable bonds is 2. The van der Waals surface area contributed by atoms with E-state index >= 15 is 0 Å². The van der Waals surface area contributed by atoms with Crippen molar-refractivity contribution in [3.05, 3.63) is 41.0 Å². The van der Waals surface area contributed by atoms with Crippen molar-refractivity contribution in [3.8, 4) is 11.3 Å². The largest absolute Gasteiger partial charge is 0.338 e. The molecule has 3 rings (SSSR count). The van der Waals surface area contributed by atoms with Crippen LogP contribution >= 0.6 is 11.6 Å². The van der Waals surface area contributed by atoms with Crippen LogP contribution in [0.4, 0.5) is 5.95 Å². The van der Waals surface area contributed by atoms with Gasteiger partial charge in [0.1, 0.15) is 0 Å². The third-order valence-electron chi connectivity index (χ3n) is 3.46. The van der Waals surface area contributed by atoms with Crippen molar-refractivity contribution in [2.75, 3.05) is 31.1 Å². The molecule has 0 radical (unpaired) electrons. The first-order chi connectivity index (χ1) is 9.74. The Kier molecular flexibility index (Phi) is 3.85. The Morgan fingerprint density at radius 3 is 2.80 bits per heavy atom. The lowest BCUT2D eigenvalue weighted by Gasteiger charge is -2.27. The van der Waals surface area contributed by atoms with E-state index in [1.54, 1.807) is 0 Å². The second-order valence-corrected chi connectivity index (χ2v) is 5.39. The number of anilines is 1. The minimum atomic E-state index is 0.726. The predicted molar refractivity (Wildman–Crippen MR) is 82.3 cm³/mol. The molecule has 1 saturated heterocycles. The summed E-state index contributed by atoms with van der Waals surface area (Å²) in [6, 6.07) is 7.80. The van der Waals surface area contributed by atoms with Crippen LogP contribution < -0.4 is 10.2 Å². The highest BCUT2D eigenvalue weighted by molar-refractivity contribution is 6.30. The second kappa shape index (κ2) is 5.77. The van der Waals surface area contributed by atoms with Crippen LogP contribution in [0.3, 0.4) is 0 Å². The van der Waals surface area contributed by atoms with Gasteiger partial charge in [-0.25, -0.2) is 9.97 Å². The highest BCUT2D eigenvalue weighted by atomic mass is 35.5. The van der Waals surface area contributed by atoms with E-state index < -0.39 is 0 Å². The smallest absolute Gasteiger partial charge is 0.225 e. The van der Waals surface area contributed by atoms with Crippen molar-refractivity contribution in [1.29, 1.82) is 0 Å². The third-order valence-corrected chi connectivity index (χ3v) is 3.69. The molecule has 104 valence electrons. The van der Waals surface area contributed by atoms with Gasteiger partial charge in [0.2, 0.25) is 5.95 Å². The molecule has 0 aliphatic carbocycles. The topological polar surface area (TPSA) is 41.1 Å². The summed E-state index contributed by atoms with van der Waals surface area (Å²) in [5, 5.41) is 4.06. The molecule has 2 heterocycles. The zero-order valence-electron chi connectivity index (χ0n) is 11.4. The molecule has 0 saturated carbocycles. The summed E-state index contributed by atoms with van der Waals surface area (Å²) in [6.45, 7) is 5.86. The van der Waals surface area contributed by atoms with E-state index in [0.29, 0.717) is 0 Å². The van der Waals surface area contributed by atoms with Crippen LogP contribution in [0.2, 0.25) is 5.02 Å². The molecule has 2 aromatic rings. The van der Waals surface area contributed by atoms with Crippen molar-refractivity contribution in [1.82, 2.24) is 15.3 Å². The fraction of sp³-hybridized carbons (Fsp3) is 0.333. The monoisotopic (exact) mass is 288 g/mol. The van der Waals surface area contributed by atoms with Gasteiger partial charge in [-0.2, -0.15) is 0 Å². The molecule has 1 aromatic carbocycles. The molecule has 5 heteroatoms. The normalized spacial score (nSPS) is 15.4. The summed E-state index contributed by atoms with van der Waals surface area (Å²) in [4.78, 5) is 11.4. The first-order valence-corrected chi connectivity index (χ1v) is 7.17. The number of benzene rings is 1. The lowest BCUT2D eigenvalue weighted by Crippen LogP contribution is -2.44. The Labute approximate surface area is 123 Å². The van der Waals surface area contributed by atoms with Crippen LogP contribution in [0, 0.1) is 6.92 Å². The van der Waals surface area contributed by atoms with Gasteiger partial charge in [0, 0.05) is 43.0 Å². The molecule has 1 aliphatic heterocycles. The second-order valence-electron chi connectivity index (χ2n) is 4.95. The number of nitrogens with zero attached hydrogens (tertiary/aromatic N) is 3. The summed E-state index contributed by atoms with van der Waals surface area (Å²) in [5.41, 5.74) is 3.05. The van der Waals surface area contributed by atoms with Gasteiger partial charge in [-0.15, -0.1) is 0 Å². The fourth-order valence-electron chi connectivity index (χ4n) is 2.38. The molecule has 1 aliphatic rings. The summed E-state index contributed by atoms with van der Waals surface area (Å²) >= 11 is 6.07. The molecule has 0 spiro atoms. The van der Waals surface area contributed by atoms with Crippen molar-refractivity contribution in [3.63, 3.8) is 0 Å². The maximum atomic E-state index is 6.07. The van der Waals surface area contributed by atoms with Gasteiger partial charge in [0.15, 0.2) is 0 Å². The summed E-state index contributed by atoms with van der Waals surface area (Å²) < 4.78 is 0. The lowest BCUT2D eigenvalue weighted by atomic mass is 10.1. The maximum absolute atomic E-state index is 6.07. The van der Waals surface area contributed by atoms with E-state index in [-0.39, 0.29) is 0 Å². The standard InChI is InChI=1S/C15H17ClN4/c1-11-10-18-15(20-7-5-17-6-8-20)19-14(11)12-3-2-4-13(16)9-12/h2-4,9-10,17H,5-8H2,1H3. The fourth-order valence-corrected chi connectivity index (χ4v) is 2.57. The zero-order chi connectivity index (χ0) is 13.9. The van der Waals surface area contributed by atoms with E-state index in [2.05, 4.69) is 15.2 Å². The van der Waals surface area contributed by atoms with E-state index in [9.17, 15) is 0 Å². The van der Waals surface area contributed by atoms with E-state index in [1.165, 1.54) is 0 Å². The van der Waals surface area contributed by atoms with Crippen LogP contribution in [0.1, 0.15) is 5.56 Å². The zero-order valence-corrected chi connectivity index (χ0v) is 12.2. The SMILES string of the molecule is Cc1cnc(N2CCNCC2)nc1-c1cccc(Cl)c1. The Hall–Kier alpha value is -1.65. The number of nitrogens with one attached hydrogen (secondary N) is 1. The molecule has 1 aromatic heterocycles. The maximum Gasteiger partial charge on any atom is 0.225 e. The van der Waals surface area contributed by atoms with Crippen molar-refractivity contribution in [2.24, 2.45) is 0 Å². The number of halogens is 1. The number of aryl methyl sites for hydroxylation is 1. The molecular formula is C15H17ClN4. The summed E-state index contributed by atoms with van der Waals surface area (Å²) in [5.74, 6) is 0.798. The Morgan fingerprint density at radius 2 is 2.05 bits per heavy atom. The first kappa shape index (κ1) is 13.3. The Balaban J connectivity index is 1.98. The molecule has 0 atom stereocenters. The molecule has 20 heavy (non-hydrogen) atoms. The van der Waals surface area contributed by atoms with Crippen LogP contribution in [-0.2, 0) is 0 Å².